The van der Waals surface area contributed by atoms with E-state index in [4.69, 9.17) is 27.4 Å². The van der Waals surface area contributed by atoms with Crippen LogP contribution in [0, 0.1) is 0 Å². The summed E-state index contributed by atoms with van der Waals surface area (Å²) in [5, 5.41) is 16.8. The van der Waals surface area contributed by atoms with E-state index < -0.39 is 16.4 Å². The highest BCUT2D eigenvalue weighted by molar-refractivity contribution is 7.79. The topological polar surface area (TPSA) is 135 Å². The maximum absolute atomic E-state index is 9.33. The third-order valence-corrected chi connectivity index (χ3v) is 0. The second-order valence-corrected chi connectivity index (χ2v) is 2.56. The lowest BCUT2D eigenvalue weighted by Crippen LogP contribution is -1.92. The van der Waals surface area contributed by atoms with Crippen LogP contribution in [0.25, 0.3) is 0 Å². The van der Waals surface area contributed by atoms with Gasteiger partial charge in [-0.25, -0.2) is 0 Å². The highest BCUT2D eigenvalue weighted by Gasteiger charge is 1.84. The molecule has 0 rings (SSSR count). The smallest absolute Gasteiger partial charge is 0.394 e. The first-order valence-corrected chi connectivity index (χ1v) is 4.08. The molecule has 7 nitrogen and oxygen atoms in total. The molecule has 0 fully saturated rings. The van der Waals surface area contributed by atoms with Crippen LogP contribution in [0.4, 0.5) is 0 Å². The lowest BCUT2D eigenvalue weighted by atomic mass is 10.7. The first kappa shape index (κ1) is 17.8. The van der Waals surface area contributed by atoms with Crippen molar-refractivity contribution in [1.82, 2.24) is 0 Å². The molecule has 0 aliphatic heterocycles. The predicted octanol–water partition coefficient (Wildman–Crippen LogP) is -0.682. The standard InChI is InChI=1S/C3H6O.C2H4O2.H2O4S/c1-3(2)4;1-2(3)4;1-5(2,3)4/h4H,1H2,2H3;1H3,(H,3,4);(H2,1,2,3,4)/p-1. The lowest BCUT2D eigenvalue weighted by molar-refractivity contribution is -0.300. The van der Waals surface area contributed by atoms with Crippen molar-refractivity contribution in [2.45, 2.75) is 13.8 Å². The molecule has 0 aliphatic carbocycles. The summed E-state index contributed by atoms with van der Waals surface area (Å²) >= 11 is 0. The molecule has 0 unspecified atom stereocenters. The number of carbonyl (C=O) groups is 1. The number of rotatable bonds is 0. The summed E-state index contributed by atoms with van der Waals surface area (Å²) in [6.45, 7) is 5.50. The van der Waals surface area contributed by atoms with E-state index in [-0.39, 0.29) is 5.76 Å². The van der Waals surface area contributed by atoms with Crippen molar-refractivity contribution in [3.8, 4) is 0 Å². The Bertz CT molecular complexity index is 212. The Morgan fingerprint density at radius 1 is 1.31 bits per heavy atom. The van der Waals surface area contributed by atoms with Gasteiger partial charge in [-0.05, 0) is 0 Å². The molecule has 0 aromatic rings. The molecule has 0 bridgehead atoms. The fourth-order valence-electron chi connectivity index (χ4n) is 0. The minimum Gasteiger partial charge on any atom is -0.876 e. The van der Waals surface area contributed by atoms with E-state index in [2.05, 4.69) is 6.58 Å². The summed E-state index contributed by atoms with van der Waals surface area (Å²) in [7, 11) is -4.67. The third-order valence-electron chi connectivity index (χ3n) is 0. The van der Waals surface area contributed by atoms with Gasteiger partial charge in [-0.2, -0.15) is 8.42 Å². The molecule has 80 valence electrons. The number of carboxylic acid groups (broad SMARTS) is 1. The Morgan fingerprint density at radius 2 is 1.31 bits per heavy atom. The Labute approximate surface area is 75.9 Å². The van der Waals surface area contributed by atoms with Crippen LogP contribution in [0.3, 0.4) is 0 Å². The summed E-state index contributed by atoms with van der Waals surface area (Å²) in [5.41, 5.74) is 0. The minimum absolute atomic E-state index is 0.0833. The van der Waals surface area contributed by atoms with E-state index >= 15 is 0 Å². The summed E-state index contributed by atoms with van der Waals surface area (Å²) in [6.07, 6.45) is 0. The zero-order valence-corrected chi connectivity index (χ0v) is 7.91. The van der Waals surface area contributed by atoms with Crippen molar-refractivity contribution < 1.29 is 32.5 Å². The van der Waals surface area contributed by atoms with Gasteiger partial charge in [0.15, 0.2) is 0 Å². The van der Waals surface area contributed by atoms with Crippen LogP contribution in [0.5, 0.6) is 0 Å². The summed E-state index contributed by atoms with van der Waals surface area (Å²) in [4.78, 5) is 9.00. The highest BCUT2D eigenvalue weighted by atomic mass is 32.3. The summed E-state index contributed by atoms with van der Waals surface area (Å²) in [6, 6.07) is 0. The van der Waals surface area contributed by atoms with Gasteiger partial charge in [0.25, 0.3) is 5.97 Å². The minimum atomic E-state index is -4.67. The molecule has 8 heteroatoms. The average Bonchev–Trinajstić information content (AvgIpc) is 1.50. The fraction of sp³-hybridized carbons (Fsp3) is 0.400. The molecule has 0 aromatic heterocycles. The Kier molecular flexibility index (Phi) is 12.3. The first-order chi connectivity index (χ1) is 5.46. The number of aliphatic carboxylic acids is 1. The third kappa shape index (κ3) is 684. The molecule has 0 atom stereocenters. The molecular weight excluding hydrogens is 204 g/mol. The number of carboxylic acids is 1. The second-order valence-electron chi connectivity index (χ2n) is 1.67. The van der Waals surface area contributed by atoms with Gasteiger partial charge in [-0.1, -0.05) is 6.92 Å². The zero-order valence-electron chi connectivity index (χ0n) is 7.09. The van der Waals surface area contributed by atoms with E-state index in [1.54, 1.807) is 0 Å². The van der Waals surface area contributed by atoms with E-state index in [0.29, 0.717) is 0 Å². The molecule has 0 spiro atoms. The van der Waals surface area contributed by atoms with Gasteiger partial charge in [-0.3, -0.25) is 13.9 Å². The Balaban J connectivity index is -0.000000117. The van der Waals surface area contributed by atoms with Crippen molar-refractivity contribution >= 4 is 16.4 Å². The van der Waals surface area contributed by atoms with Gasteiger partial charge in [-0.15, -0.1) is 12.3 Å². The Morgan fingerprint density at radius 3 is 1.31 bits per heavy atom. The SMILES string of the molecule is C=C(C)[O-].CC(=O)O.O=S(=O)(O)O. The Hall–Kier alpha value is -1.12. The van der Waals surface area contributed by atoms with Crippen LogP contribution in [-0.4, -0.2) is 28.6 Å². The van der Waals surface area contributed by atoms with Crippen molar-refractivity contribution in [3.05, 3.63) is 12.3 Å². The van der Waals surface area contributed by atoms with Crippen LogP contribution < -0.4 is 5.11 Å². The fourth-order valence-corrected chi connectivity index (χ4v) is 0. The molecule has 3 N–H and O–H groups in total. The molecule has 13 heavy (non-hydrogen) atoms. The molecule has 0 saturated heterocycles. The zero-order chi connectivity index (χ0) is 11.7. The quantitative estimate of drug-likeness (QED) is 0.359. The van der Waals surface area contributed by atoms with Crippen molar-refractivity contribution in [2.75, 3.05) is 0 Å². The van der Waals surface area contributed by atoms with E-state index in [1.165, 1.54) is 6.92 Å². The molecule has 0 saturated carbocycles. The lowest BCUT2D eigenvalue weighted by Gasteiger charge is -1.92. The molecule has 0 aliphatic rings. The van der Waals surface area contributed by atoms with Crippen LogP contribution in [0.15, 0.2) is 12.3 Å². The van der Waals surface area contributed by atoms with Crippen LogP contribution in [0.1, 0.15) is 13.8 Å². The first-order valence-electron chi connectivity index (χ1n) is 2.68. The monoisotopic (exact) mass is 215 g/mol. The molecular formula is C5H11O7S-. The summed E-state index contributed by atoms with van der Waals surface area (Å²) < 4.78 is 31.6. The van der Waals surface area contributed by atoms with Gasteiger partial charge < -0.3 is 10.2 Å². The van der Waals surface area contributed by atoms with Gasteiger partial charge >= 0.3 is 10.4 Å². The van der Waals surface area contributed by atoms with Gasteiger partial charge in [0.2, 0.25) is 0 Å². The highest BCUT2D eigenvalue weighted by Crippen LogP contribution is 1.59. The largest absolute Gasteiger partial charge is 0.876 e. The molecule has 0 amide bonds. The number of hydrogen-bond acceptors (Lipinski definition) is 4. The molecule has 0 aromatic carbocycles. The number of allylic oxidation sites excluding steroid dienone is 1. The van der Waals surface area contributed by atoms with E-state index in [0.717, 1.165) is 6.92 Å². The van der Waals surface area contributed by atoms with E-state index in [1.807, 2.05) is 0 Å². The van der Waals surface area contributed by atoms with Crippen molar-refractivity contribution in [3.63, 3.8) is 0 Å². The predicted molar refractivity (Wildman–Crippen MR) is 42.3 cm³/mol. The maximum Gasteiger partial charge on any atom is 0.394 e. The van der Waals surface area contributed by atoms with Gasteiger partial charge in [0.05, 0.1) is 0 Å². The maximum atomic E-state index is 9.33. The van der Waals surface area contributed by atoms with Crippen molar-refractivity contribution in [1.29, 1.82) is 0 Å². The second kappa shape index (κ2) is 8.97. The van der Waals surface area contributed by atoms with Gasteiger partial charge in [0.1, 0.15) is 0 Å². The van der Waals surface area contributed by atoms with E-state index in [9.17, 15) is 5.11 Å². The van der Waals surface area contributed by atoms with Crippen molar-refractivity contribution in [2.24, 2.45) is 0 Å². The van der Waals surface area contributed by atoms with Gasteiger partial charge in [0, 0.05) is 6.92 Å². The average molecular weight is 215 g/mol. The van der Waals surface area contributed by atoms with Crippen LogP contribution in [0.2, 0.25) is 0 Å². The molecule has 0 radical (unpaired) electrons. The number of hydrogen-bond donors (Lipinski definition) is 3. The normalized spacial score (nSPS) is 8.31. The summed E-state index contributed by atoms with van der Waals surface area (Å²) in [5.74, 6) is -0.917. The van der Waals surface area contributed by atoms with Crippen LogP contribution >= 0.6 is 0 Å². The van der Waals surface area contributed by atoms with Crippen LogP contribution in [-0.2, 0) is 15.2 Å². The molecule has 0 heterocycles.